The standard InChI is InChI=1S/C15H20N2O/c1-11-9-13(10-16-8-7-12(2)18)14-5-3-4-6-15(14)17-11/h3-6,9,12,16,18H,7-8,10H2,1-2H3. The van der Waals surface area contributed by atoms with Crippen molar-refractivity contribution in [2.75, 3.05) is 6.54 Å². The molecule has 1 atom stereocenters. The van der Waals surface area contributed by atoms with E-state index in [2.05, 4.69) is 22.4 Å². The van der Waals surface area contributed by atoms with Crippen LogP contribution in [-0.4, -0.2) is 22.7 Å². The van der Waals surface area contributed by atoms with E-state index >= 15 is 0 Å². The Morgan fingerprint density at radius 1 is 1.33 bits per heavy atom. The second-order valence-corrected chi connectivity index (χ2v) is 4.75. The number of rotatable bonds is 5. The average Bonchev–Trinajstić information content (AvgIpc) is 2.34. The number of pyridine rings is 1. The van der Waals surface area contributed by atoms with Crippen LogP contribution in [0.25, 0.3) is 10.9 Å². The first kappa shape index (κ1) is 13.0. The Morgan fingerprint density at radius 2 is 2.11 bits per heavy atom. The Balaban J connectivity index is 2.12. The summed E-state index contributed by atoms with van der Waals surface area (Å²) in [5.41, 5.74) is 3.36. The fraction of sp³-hybridized carbons (Fsp3) is 0.400. The molecule has 0 saturated heterocycles. The Hall–Kier alpha value is -1.45. The van der Waals surface area contributed by atoms with Gasteiger partial charge in [0, 0.05) is 17.6 Å². The lowest BCUT2D eigenvalue weighted by Crippen LogP contribution is -2.18. The zero-order valence-electron chi connectivity index (χ0n) is 11.0. The van der Waals surface area contributed by atoms with E-state index < -0.39 is 0 Å². The van der Waals surface area contributed by atoms with Crippen molar-refractivity contribution in [2.45, 2.75) is 32.9 Å². The van der Waals surface area contributed by atoms with Gasteiger partial charge in [0.1, 0.15) is 0 Å². The number of aromatic nitrogens is 1. The van der Waals surface area contributed by atoms with Gasteiger partial charge in [0.15, 0.2) is 0 Å². The Kier molecular flexibility index (Phi) is 4.28. The minimum absolute atomic E-state index is 0.242. The number of nitrogens with zero attached hydrogens (tertiary/aromatic N) is 1. The topological polar surface area (TPSA) is 45.1 Å². The van der Waals surface area contributed by atoms with Crippen LogP contribution in [0, 0.1) is 6.92 Å². The third-order valence-corrected chi connectivity index (χ3v) is 2.98. The van der Waals surface area contributed by atoms with Crippen molar-refractivity contribution in [3.05, 3.63) is 41.6 Å². The van der Waals surface area contributed by atoms with E-state index in [1.807, 2.05) is 32.0 Å². The van der Waals surface area contributed by atoms with E-state index in [1.165, 1.54) is 10.9 Å². The number of para-hydroxylation sites is 1. The van der Waals surface area contributed by atoms with E-state index in [4.69, 9.17) is 0 Å². The molecular formula is C15H20N2O. The van der Waals surface area contributed by atoms with Crippen molar-refractivity contribution in [1.82, 2.24) is 10.3 Å². The normalized spacial score (nSPS) is 12.8. The van der Waals surface area contributed by atoms with Crippen LogP contribution in [0.4, 0.5) is 0 Å². The van der Waals surface area contributed by atoms with Gasteiger partial charge in [-0.25, -0.2) is 0 Å². The zero-order chi connectivity index (χ0) is 13.0. The summed E-state index contributed by atoms with van der Waals surface area (Å²) < 4.78 is 0. The molecule has 0 fully saturated rings. The predicted octanol–water partition coefficient (Wildman–Crippen LogP) is 2.40. The molecule has 96 valence electrons. The maximum atomic E-state index is 9.22. The molecule has 2 rings (SSSR count). The Bertz CT molecular complexity index is 523. The number of fused-ring (bicyclic) bond motifs is 1. The molecule has 18 heavy (non-hydrogen) atoms. The first-order valence-corrected chi connectivity index (χ1v) is 6.41. The number of benzene rings is 1. The van der Waals surface area contributed by atoms with Crippen LogP contribution in [-0.2, 0) is 6.54 Å². The molecule has 0 aliphatic heterocycles. The second kappa shape index (κ2) is 5.94. The van der Waals surface area contributed by atoms with E-state index in [9.17, 15) is 5.11 Å². The monoisotopic (exact) mass is 244 g/mol. The molecule has 0 saturated carbocycles. The maximum Gasteiger partial charge on any atom is 0.0708 e. The van der Waals surface area contributed by atoms with Gasteiger partial charge in [0.25, 0.3) is 0 Å². The summed E-state index contributed by atoms with van der Waals surface area (Å²) in [5, 5.41) is 13.8. The third-order valence-electron chi connectivity index (χ3n) is 2.98. The van der Waals surface area contributed by atoms with E-state index in [-0.39, 0.29) is 6.10 Å². The lowest BCUT2D eigenvalue weighted by Gasteiger charge is -2.10. The summed E-state index contributed by atoms with van der Waals surface area (Å²) in [4.78, 5) is 4.52. The summed E-state index contributed by atoms with van der Waals surface area (Å²) >= 11 is 0. The number of aryl methyl sites for hydroxylation is 1. The molecule has 0 amide bonds. The minimum Gasteiger partial charge on any atom is -0.393 e. The molecule has 0 radical (unpaired) electrons. The third kappa shape index (κ3) is 3.28. The van der Waals surface area contributed by atoms with Crippen LogP contribution in [0.2, 0.25) is 0 Å². The molecule has 3 heteroatoms. The van der Waals surface area contributed by atoms with Crippen LogP contribution in [0.1, 0.15) is 24.6 Å². The van der Waals surface area contributed by atoms with Crippen molar-refractivity contribution in [2.24, 2.45) is 0 Å². The van der Waals surface area contributed by atoms with Gasteiger partial charge in [-0.2, -0.15) is 0 Å². The minimum atomic E-state index is -0.242. The number of aliphatic hydroxyl groups excluding tert-OH is 1. The first-order chi connectivity index (χ1) is 8.66. The largest absolute Gasteiger partial charge is 0.393 e. The molecule has 2 aromatic rings. The van der Waals surface area contributed by atoms with Gasteiger partial charge in [-0.3, -0.25) is 4.98 Å². The Labute approximate surface area is 108 Å². The summed E-state index contributed by atoms with van der Waals surface area (Å²) in [6.07, 6.45) is 0.538. The fourth-order valence-electron chi connectivity index (χ4n) is 2.08. The van der Waals surface area contributed by atoms with Crippen LogP contribution in [0.3, 0.4) is 0 Å². The quantitative estimate of drug-likeness (QED) is 0.794. The lowest BCUT2D eigenvalue weighted by atomic mass is 10.1. The summed E-state index contributed by atoms with van der Waals surface area (Å²) in [6.45, 7) is 5.48. The van der Waals surface area contributed by atoms with E-state index in [1.54, 1.807) is 0 Å². The summed E-state index contributed by atoms with van der Waals surface area (Å²) in [7, 11) is 0. The highest BCUT2D eigenvalue weighted by molar-refractivity contribution is 5.82. The molecular weight excluding hydrogens is 224 g/mol. The van der Waals surface area contributed by atoms with Crippen molar-refractivity contribution < 1.29 is 5.11 Å². The summed E-state index contributed by atoms with van der Waals surface area (Å²) in [6, 6.07) is 10.3. The van der Waals surface area contributed by atoms with Crippen LogP contribution >= 0.6 is 0 Å². The lowest BCUT2D eigenvalue weighted by molar-refractivity contribution is 0.183. The first-order valence-electron chi connectivity index (χ1n) is 6.41. The molecule has 1 aromatic carbocycles. The zero-order valence-corrected chi connectivity index (χ0v) is 11.0. The molecule has 2 N–H and O–H groups in total. The van der Waals surface area contributed by atoms with Gasteiger partial charge in [-0.1, -0.05) is 18.2 Å². The summed E-state index contributed by atoms with van der Waals surface area (Å²) in [5.74, 6) is 0. The number of nitrogens with one attached hydrogen (secondary N) is 1. The molecule has 0 aliphatic rings. The van der Waals surface area contributed by atoms with Crippen molar-refractivity contribution in [3.63, 3.8) is 0 Å². The van der Waals surface area contributed by atoms with Crippen molar-refractivity contribution in [3.8, 4) is 0 Å². The molecule has 0 aliphatic carbocycles. The van der Waals surface area contributed by atoms with Gasteiger partial charge < -0.3 is 10.4 Å². The van der Waals surface area contributed by atoms with Gasteiger partial charge in [-0.05, 0) is 44.5 Å². The van der Waals surface area contributed by atoms with Crippen LogP contribution in [0.15, 0.2) is 30.3 Å². The van der Waals surface area contributed by atoms with Gasteiger partial charge in [-0.15, -0.1) is 0 Å². The fourth-order valence-corrected chi connectivity index (χ4v) is 2.08. The molecule has 1 heterocycles. The van der Waals surface area contributed by atoms with Crippen molar-refractivity contribution in [1.29, 1.82) is 0 Å². The van der Waals surface area contributed by atoms with Crippen LogP contribution in [0.5, 0.6) is 0 Å². The number of aliphatic hydroxyl groups is 1. The molecule has 1 aromatic heterocycles. The molecule has 0 bridgehead atoms. The number of hydrogen-bond acceptors (Lipinski definition) is 3. The molecule has 1 unspecified atom stereocenters. The molecule has 0 spiro atoms. The van der Waals surface area contributed by atoms with E-state index in [0.717, 1.165) is 30.7 Å². The smallest absolute Gasteiger partial charge is 0.0708 e. The van der Waals surface area contributed by atoms with Crippen LogP contribution < -0.4 is 5.32 Å². The Morgan fingerprint density at radius 3 is 2.89 bits per heavy atom. The van der Waals surface area contributed by atoms with Gasteiger partial charge >= 0.3 is 0 Å². The molecule has 3 nitrogen and oxygen atoms in total. The van der Waals surface area contributed by atoms with Gasteiger partial charge in [0.05, 0.1) is 11.6 Å². The van der Waals surface area contributed by atoms with E-state index in [0.29, 0.717) is 0 Å². The predicted molar refractivity (Wildman–Crippen MR) is 74.5 cm³/mol. The average molecular weight is 244 g/mol. The highest BCUT2D eigenvalue weighted by Gasteiger charge is 2.03. The second-order valence-electron chi connectivity index (χ2n) is 4.75. The van der Waals surface area contributed by atoms with Crippen molar-refractivity contribution >= 4 is 10.9 Å². The number of hydrogen-bond donors (Lipinski definition) is 2. The SMILES string of the molecule is Cc1cc(CNCCC(C)O)c2ccccc2n1. The maximum absolute atomic E-state index is 9.22. The van der Waals surface area contributed by atoms with Gasteiger partial charge in [0.2, 0.25) is 0 Å². The highest BCUT2D eigenvalue weighted by Crippen LogP contribution is 2.17. The highest BCUT2D eigenvalue weighted by atomic mass is 16.3.